The number of nitrogens with one attached hydrogen (secondary N) is 1. The largest absolute Gasteiger partial charge is 0.444 e. The Balaban J connectivity index is 1.92. The van der Waals surface area contributed by atoms with Gasteiger partial charge in [-0.2, -0.15) is 0 Å². The van der Waals surface area contributed by atoms with Crippen LogP contribution in [0.5, 0.6) is 0 Å². The number of rotatable bonds is 1. The molecule has 0 spiro atoms. The Morgan fingerprint density at radius 3 is 2.22 bits per heavy atom. The molecule has 18 heavy (non-hydrogen) atoms. The summed E-state index contributed by atoms with van der Waals surface area (Å²) >= 11 is 0. The molecule has 1 N–H and O–H groups in total. The van der Waals surface area contributed by atoms with E-state index in [4.69, 9.17) is 9.47 Å². The molecule has 2 saturated heterocycles. The highest BCUT2D eigenvalue weighted by molar-refractivity contribution is 5.68. The van der Waals surface area contributed by atoms with Crippen LogP contribution in [-0.4, -0.2) is 67.0 Å². The zero-order valence-corrected chi connectivity index (χ0v) is 11.6. The average molecular weight is 257 g/mol. The molecule has 104 valence electrons. The number of hydrogen-bond acceptors (Lipinski definition) is 5. The minimum Gasteiger partial charge on any atom is -0.444 e. The van der Waals surface area contributed by atoms with Gasteiger partial charge in [-0.25, -0.2) is 9.80 Å². The zero-order chi connectivity index (χ0) is 13.3. The first-order chi connectivity index (χ1) is 8.37. The van der Waals surface area contributed by atoms with Crippen LogP contribution in [0.15, 0.2) is 0 Å². The third-order valence-electron chi connectivity index (χ3n) is 3.05. The van der Waals surface area contributed by atoms with Crippen LogP contribution in [0.4, 0.5) is 4.79 Å². The fourth-order valence-electron chi connectivity index (χ4n) is 2.35. The highest BCUT2D eigenvalue weighted by Crippen LogP contribution is 2.20. The van der Waals surface area contributed by atoms with Gasteiger partial charge >= 0.3 is 6.09 Å². The van der Waals surface area contributed by atoms with Crippen molar-refractivity contribution in [3.63, 3.8) is 0 Å². The minimum atomic E-state index is -0.443. The molecule has 2 unspecified atom stereocenters. The van der Waals surface area contributed by atoms with Gasteiger partial charge in [0.15, 0.2) is 0 Å². The first kappa shape index (κ1) is 13.6. The number of carbonyl (C=O) groups is 1. The summed E-state index contributed by atoms with van der Waals surface area (Å²) in [6, 6.07) is 0. The lowest BCUT2D eigenvalue weighted by Crippen LogP contribution is -2.62. The van der Waals surface area contributed by atoms with Crippen LogP contribution < -0.4 is 5.43 Å². The normalized spacial score (nSPS) is 29.2. The number of hydrogen-bond donors (Lipinski definition) is 1. The molecule has 0 aromatic heterocycles. The Morgan fingerprint density at radius 2 is 1.78 bits per heavy atom. The Labute approximate surface area is 108 Å². The SMILES string of the molecule is CNN1CC2CN(C(=O)OC(C)(C)C)CC(C1)O2. The van der Waals surface area contributed by atoms with Crippen LogP contribution in [0.3, 0.4) is 0 Å². The monoisotopic (exact) mass is 257 g/mol. The van der Waals surface area contributed by atoms with Crippen molar-refractivity contribution in [3.8, 4) is 0 Å². The van der Waals surface area contributed by atoms with Crippen molar-refractivity contribution >= 4 is 6.09 Å². The van der Waals surface area contributed by atoms with Gasteiger partial charge in [-0.1, -0.05) is 0 Å². The second-order valence-electron chi connectivity index (χ2n) is 5.89. The van der Waals surface area contributed by atoms with Crippen LogP contribution in [0.1, 0.15) is 20.8 Å². The predicted octanol–water partition coefficient (Wildman–Crippen LogP) is 0.441. The van der Waals surface area contributed by atoms with Gasteiger partial charge in [-0.15, -0.1) is 0 Å². The Morgan fingerprint density at radius 1 is 1.22 bits per heavy atom. The molecule has 2 rings (SSSR count). The molecule has 0 saturated carbocycles. The summed E-state index contributed by atoms with van der Waals surface area (Å²) in [5.41, 5.74) is 2.69. The van der Waals surface area contributed by atoms with Gasteiger partial charge in [0.1, 0.15) is 5.60 Å². The molecular weight excluding hydrogens is 234 g/mol. The van der Waals surface area contributed by atoms with Crippen molar-refractivity contribution in [2.24, 2.45) is 0 Å². The van der Waals surface area contributed by atoms with E-state index in [0.29, 0.717) is 13.1 Å². The van der Waals surface area contributed by atoms with Crippen LogP contribution in [0, 0.1) is 0 Å². The van der Waals surface area contributed by atoms with Crippen LogP contribution in [0.2, 0.25) is 0 Å². The van der Waals surface area contributed by atoms with Gasteiger partial charge in [0.05, 0.1) is 25.3 Å². The van der Waals surface area contributed by atoms with E-state index in [1.165, 1.54) is 0 Å². The third-order valence-corrected chi connectivity index (χ3v) is 3.05. The lowest BCUT2D eigenvalue weighted by molar-refractivity contribution is -0.144. The van der Waals surface area contributed by atoms with Crippen LogP contribution in [-0.2, 0) is 9.47 Å². The van der Waals surface area contributed by atoms with Gasteiger partial charge in [0.25, 0.3) is 0 Å². The number of fused-ring (bicyclic) bond motifs is 2. The predicted molar refractivity (Wildman–Crippen MR) is 67.1 cm³/mol. The van der Waals surface area contributed by atoms with Crippen molar-refractivity contribution in [2.45, 2.75) is 38.6 Å². The Bertz CT molecular complexity index is 302. The molecule has 6 nitrogen and oxygen atoms in total. The highest BCUT2D eigenvalue weighted by Gasteiger charge is 2.37. The smallest absolute Gasteiger partial charge is 0.410 e. The van der Waals surface area contributed by atoms with Gasteiger partial charge < -0.3 is 14.4 Å². The number of morpholine rings is 2. The van der Waals surface area contributed by atoms with E-state index in [2.05, 4.69) is 10.4 Å². The number of carbonyl (C=O) groups excluding carboxylic acids is 1. The first-order valence-corrected chi connectivity index (χ1v) is 6.43. The summed E-state index contributed by atoms with van der Waals surface area (Å²) < 4.78 is 11.2. The lowest BCUT2D eigenvalue weighted by atomic mass is 10.1. The summed E-state index contributed by atoms with van der Waals surface area (Å²) in [6.45, 7) is 8.45. The van der Waals surface area contributed by atoms with E-state index in [1.54, 1.807) is 4.90 Å². The third kappa shape index (κ3) is 3.34. The van der Waals surface area contributed by atoms with Crippen molar-refractivity contribution in [1.82, 2.24) is 15.3 Å². The molecule has 6 heteroatoms. The van der Waals surface area contributed by atoms with Crippen LogP contribution in [0.25, 0.3) is 0 Å². The van der Waals surface area contributed by atoms with E-state index >= 15 is 0 Å². The Hall–Kier alpha value is -0.850. The first-order valence-electron chi connectivity index (χ1n) is 6.43. The van der Waals surface area contributed by atoms with Gasteiger partial charge in [-0.05, 0) is 27.8 Å². The molecule has 2 aliphatic rings. The zero-order valence-electron chi connectivity index (χ0n) is 11.6. The molecule has 0 radical (unpaired) electrons. The highest BCUT2D eigenvalue weighted by atomic mass is 16.6. The maximum atomic E-state index is 12.0. The summed E-state index contributed by atoms with van der Waals surface area (Å²) in [4.78, 5) is 13.8. The summed E-state index contributed by atoms with van der Waals surface area (Å²) in [7, 11) is 1.91. The molecule has 0 aliphatic carbocycles. The molecule has 2 atom stereocenters. The molecule has 0 aromatic rings. The fourth-order valence-corrected chi connectivity index (χ4v) is 2.35. The average Bonchev–Trinajstić information content (AvgIpc) is 2.25. The van der Waals surface area contributed by atoms with E-state index < -0.39 is 5.60 Å². The van der Waals surface area contributed by atoms with Gasteiger partial charge in [0, 0.05) is 13.1 Å². The number of ether oxygens (including phenoxy) is 2. The van der Waals surface area contributed by atoms with Crippen LogP contribution >= 0.6 is 0 Å². The van der Waals surface area contributed by atoms with E-state index in [0.717, 1.165) is 13.1 Å². The topological polar surface area (TPSA) is 54.0 Å². The van der Waals surface area contributed by atoms with E-state index in [1.807, 2.05) is 27.8 Å². The molecule has 2 bridgehead atoms. The molecule has 1 amide bonds. The minimum absolute atomic E-state index is 0.0671. The number of hydrazine groups is 1. The van der Waals surface area contributed by atoms with Crippen molar-refractivity contribution in [3.05, 3.63) is 0 Å². The van der Waals surface area contributed by atoms with Gasteiger partial charge in [0.2, 0.25) is 0 Å². The molecular formula is C12H23N3O3. The number of amides is 1. The van der Waals surface area contributed by atoms with Crippen molar-refractivity contribution in [1.29, 1.82) is 0 Å². The quantitative estimate of drug-likeness (QED) is 0.739. The van der Waals surface area contributed by atoms with E-state index in [9.17, 15) is 4.79 Å². The van der Waals surface area contributed by atoms with Crippen molar-refractivity contribution in [2.75, 3.05) is 33.2 Å². The van der Waals surface area contributed by atoms with E-state index in [-0.39, 0.29) is 18.3 Å². The van der Waals surface area contributed by atoms with Crippen molar-refractivity contribution < 1.29 is 14.3 Å². The fraction of sp³-hybridized carbons (Fsp3) is 0.917. The second-order valence-corrected chi connectivity index (χ2v) is 5.89. The standard InChI is InChI=1S/C12H23N3O3/c1-12(2,3)18-11(16)14-5-9-7-15(13-4)8-10(6-14)17-9/h9-10,13H,5-8H2,1-4H3. The van der Waals surface area contributed by atoms with Gasteiger partial charge in [-0.3, -0.25) is 5.43 Å². The molecule has 2 aliphatic heterocycles. The Kier molecular flexibility index (Phi) is 3.79. The lowest BCUT2D eigenvalue weighted by Gasteiger charge is -2.45. The number of nitrogens with zero attached hydrogens (tertiary/aromatic N) is 2. The molecule has 0 aromatic carbocycles. The maximum Gasteiger partial charge on any atom is 0.410 e. The molecule has 2 fully saturated rings. The summed E-state index contributed by atoms with van der Waals surface area (Å²) in [5.74, 6) is 0. The summed E-state index contributed by atoms with van der Waals surface area (Å²) in [6.07, 6.45) is -0.103. The molecule has 2 heterocycles. The maximum absolute atomic E-state index is 12.0. The summed E-state index contributed by atoms with van der Waals surface area (Å²) in [5, 5.41) is 2.13. The second kappa shape index (κ2) is 5.03.